The molecule has 0 radical (unpaired) electrons. The van der Waals surface area contributed by atoms with Gasteiger partial charge in [0.2, 0.25) is 0 Å². The first-order valence-corrected chi connectivity index (χ1v) is 8.54. The summed E-state index contributed by atoms with van der Waals surface area (Å²) in [7, 11) is 3.19. The summed E-state index contributed by atoms with van der Waals surface area (Å²) in [5, 5.41) is 12.4. The van der Waals surface area contributed by atoms with Gasteiger partial charge >= 0.3 is 5.97 Å². The van der Waals surface area contributed by atoms with Crippen LogP contribution < -0.4 is 14.8 Å². The normalized spacial score (nSPS) is 12.0. The molecule has 0 saturated carbocycles. The van der Waals surface area contributed by atoms with Crippen molar-refractivity contribution in [1.82, 2.24) is 5.32 Å². The molecule has 1 atom stereocenters. The fourth-order valence-electron chi connectivity index (χ4n) is 2.18. The van der Waals surface area contributed by atoms with Gasteiger partial charge in [0.05, 0.1) is 14.2 Å². The number of rotatable bonds is 10. The third kappa shape index (κ3) is 5.10. The van der Waals surface area contributed by atoms with Crippen molar-refractivity contribution in [2.45, 2.75) is 43.7 Å². The summed E-state index contributed by atoms with van der Waals surface area (Å²) >= 11 is 1.60. The van der Waals surface area contributed by atoms with E-state index in [-0.39, 0.29) is 0 Å². The molecule has 0 aliphatic carbocycles. The van der Waals surface area contributed by atoms with E-state index in [1.807, 2.05) is 18.4 Å². The Morgan fingerprint density at radius 2 is 1.95 bits per heavy atom. The first-order chi connectivity index (χ1) is 10.6. The Bertz CT molecular complexity index is 493. The standard InChI is InChI=1S/C16H25NO4S/c1-5-6-7-12(16(18)19)17-10-11-8-13(20-2)14(21-3)9-15(11)22-4/h8-9,12,17H,5-7,10H2,1-4H3,(H,18,19)/t12-/m0/s1. The fraction of sp³-hybridized carbons (Fsp3) is 0.562. The van der Waals surface area contributed by atoms with E-state index in [0.717, 1.165) is 23.3 Å². The SMILES string of the molecule is CCCC[C@H](NCc1cc(OC)c(OC)cc1SC)C(=O)O. The van der Waals surface area contributed by atoms with Gasteiger partial charge in [-0.2, -0.15) is 0 Å². The van der Waals surface area contributed by atoms with Crippen molar-refractivity contribution in [3.05, 3.63) is 17.7 Å². The molecule has 124 valence electrons. The van der Waals surface area contributed by atoms with Crippen LogP contribution in [0.1, 0.15) is 31.7 Å². The zero-order valence-corrected chi connectivity index (χ0v) is 14.5. The Morgan fingerprint density at radius 1 is 1.32 bits per heavy atom. The Kier molecular flexibility index (Phi) is 8.12. The van der Waals surface area contributed by atoms with Crippen LogP contribution in [0.3, 0.4) is 0 Å². The number of carboxylic acids is 1. The van der Waals surface area contributed by atoms with Crippen molar-refractivity contribution in [2.75, 3.05) is 20.5 Å². The van der Waals surface area contributed by atoms with Gasteiger partial charge in [-0.05, 0) is 30.4 Å². The van der Waals surface area contributed by atoms with Crippen LogP contribution in [0, 0.1) is 0 Å². The highest BCUT2D eigenvalue weighted by Gasteiger charge is 2.17. The van der Waals surface area contributed by atoms with Gasteiger partial charge in [0.1, 0.15) is 6.04 Å². The van der Waals surface area contributed by atoms with Crippen LogP contribution in [-0.2, 0) is 11.3 Å². The molecule has 6 heteroatoms. The maximum atomic E-state index is 11.3. The molecule has 1 aromatic rings. The molecule has 0 amide bonds. The number of unbranched alkanes of at least 4 members (excludes halogenated alkanes) is 1. The van der Waals surface area contributed by atoms with Gasteiger partial charge in [0, 0.05) is 11.4 Å². The van der Waals surface area contributed by atoms with E-state index in [9.17, 15) is 9.90 Å². The van der Waals surface area contributed by atoms with E-state index in [4.69, 9.17) is 9.47 Å². The number of methoxy groups -OCH3 is 2. The van der Waals surface area contributed by atoms with Crippen molar-refractivity contribution >= 4 is 17.7 Å². The highest BCUT2D eigenvalue weighted by atomic mass is 32.2. The summed E-state index contributed by atoms with van der Waals surface area (Å²) in [6.45, 7) is 2.54. The molecular weight excluding hydrogens is 302 g/mol. The molecule has 1 rings (SSSR count). The fourth-order valence-corrected chi connectivity index (χ4v) is 2.80. The molecule has 0 saturated heterocycles. The molecule has 0 bridgehead atoms. The highest BCUT2D eigenvalue weighted by Crippen LogP contribution is 2.34. The minimum Gasteiger partial charge on any atom is -0.493 e. The quantitative estimate of drug-likeness (QED) is 0.644. The van der Waals surface area contributed by atoms with Gasteiger partial charge in [-0.25, -0.2) is 0 Å². The predicted octanol–water partition coefficient (Wildman–Crippen LogP) is 3.16. The van der Waals surface area contributed by atoms with Crippen molar-refractivity contribution < 1.29 is 19.4 Å². The van der Waals surface area contributed by atoms with Crippen LogP contribution in [0.25, 0.3) is 0 Å². The molecular formula is C16H25NO4S. The number of nitrogens with one attached hydrogen (secondary N) is 1. The Morgan fingerprint density at radius 3 is 2.45 bits per heavy atom. The van der Waals surface area contributed by atoms with Gasteiger partial charge < -0.3 is 19.9 Å². The molecule has 0 fully saturated rings. The van der Waals surface area contributed by atoms with Crippen LogP contribution in [-0.4, -0.2) is 37.6 Å². The van der Waals surface area contributed by atoms with Crippen LogP contribution in [0.2, 0.25) is 0 Å². The second-order valence-corrected chi connectivity index (χ2v) is 5.78. The molecule has 0 aliphatic heterocycles. The predicted molar refractivity (Wildman–Crippen MR) is 89.1 cm³/mol. The number of hydrogen-bond acceptors (Lipinski definition) is 5. The summed E-state index contributed by atoms with van der Waals surface area (Å²) in [4.78, 5) is 12.3. The zero-order valence-electron chi connectivity index (χ0n) is 13.6. The Hall–Kier alpha value is -1.40. The van der Waals surface area contributed by atoms with Crippen LogP contribution in [0.5, 0.6) is 11.5 Å². The number of ether oxygens (including phenoxy) is 2. The maximum Gasteiger partial charge on any atom is 0.320 e. The summed E-state index contributed by atoms with van der Waals surface area (Å²) in [6.07, 6.45) is 4.49. The van der Waals surface area contributed by atoms with E-state index in [1.165, 1.54) is 0 Å². The van der Waals surface area contributed by atoms with Gasteiger partial charge in [-0.15, -0.1) is 11.8 Å². The minimum absolute atomic E-state index is 0.483. The average Bonchev–Trinajstić information content (AvgIpc) is 2.53. The molecule has 0 unspecified atom stereocenters. The molecule has 1 aromatic carbocycles. The lowest BCUT2D eigenvalue weighted by atomic mass is 10.1. The average molecular weight is 327 g/mol. The lowest BCUT2D eigenvalue weighted by molar-refractivity contribution is -0.139. The number of hydrogen-bond donors (Lipinski definition) is 2. The van der Waals surface area contributed by atoms with E-state index >= 15 is 0 Å². The lowest BCUT2D eigenvalue weighted by Crippen LogP contribution is -2.36. The molecule has 22 heavy (non-hydrogen) atoms. The first-order valence-electron chi connectivity index (χ1n) is 7.32. The second-order valence-electron chi connectivity index (χ2n) is 4.93. The first kappa shape index (κ1) is 18.6. The maximum absolute atomic E-state index is 11.3. The summed E-state index contributed by atoms with van der Waals surface area (Å²) < 4.78 is 10.6. The smallest absolute Gasteiger partial charge is 0.320 e. The van der Waals surface area contributed by atoms with Crippen molar-refractivity contribution in [1.29, 1.82) is 0 Å². The lowest BCUT2D eigenvalue weighted by Gasteiger charge is -2.17. The van der Waals surface area contributed by atoms with Crippen LogP contribution >= 0.6 is 11.8 Å². The van der Waals surface area contributed by atoms with Gasteiger partial charge in [-0.3, -0.25) is 4.79 Å². The number of aliphatic carboxylic acids is 1. The third-order valence-corrected chi connectivity index (χ3v) is 4.29. The second kappa shape index (κ2) is 9.58. The van der Waals surface area contributed by atoms with Crippen molar-refractivity contribution in [3.8, 4) is 11.5 Å². The number of benzene rings is 1. The molecule has 0 aromatic heterocycles. The topological polar surface area (TPSA) is 67.8 Å². The van der Waals surface area contributed by atoms with E-state index in [1.54, 1.807) is 26.0 Å². The number of carbonyl (C=O) groups is 1. The molecule has 0 aliphatic rings. The van der Waals surface area contributed by atoms with Crippen LogP contribution in [0.4, 0.5) is 0 Å². The highest BCUT2D eigenvalue weighted by molar-refractivity contribution is 7.98. The largest absolute Gasteiger partial charge is 0.493 e. The van der Waals surface area contributed by atoms with E-state index in [2.05, 4.69) is 12.2 Å². The summed E-state index contributed by atoms with van der Waals surface area (Å²) in [5.41, 5.74) is 1.01. The summed E-state index contributed by atoms with van der Waals surface area (Å²) in [6, 6.07) is 3.29. The Balaban J connectivity index is 2.88. The molecule has 5 nitrogen and oxygen atoms in total. The minimum atomic E-state index is -0.806. The van der Waals surface area contributed by atoms with Crippen molar-refractivity contribution in [2.24, 2.45) is 0 Å². The third-order valence-electron chi connectivity index (χ3n) is 3.47. The molecule has 0 heterocycles. The van der Waals surface area contributed by atoms with E-state index in [0.29, 0.717) is 24.5 Å². The zero-order chi connectivity index (χ0) is 16.5. The van der Waals surface area contributed by atoms with Crippen molar-refractivity contribution in [3.63, 3.8) is 0 Å². The molecule has 0 spiro atoms. The van der Waals surface area contributed by atoms with Gasteiger partial charge in [0.25, 0.3) is 0 Å². The Labute approximate surface area is 136 Å². The number of thioether (sulfide) groups is 1. The number of carboxylic acid groups (broad SMARTS) is 1. The van der Waals surface area contributed by atoms with Crippen LogP contribution in [0.15, 0.2) is 17.0 Å². The van der Waals surface area contributed by atoms with Gasteiger partial charge in [0.15, 0.2) is 11.5 Å². The van der Waals surface area contributed by atoms with Gasteiger partial charge in [-0.1, -0.05) is 19.8 Å². The monoisotopic (exact) mass is 327 g/mol. The molecule has 2 N–H and O–H groups in total. The van der Waals surface area contributed by atoms with E-state index < -0.39 is 12.0 Å². The summed E-state index contributed by atoms with van der Waals surface area (Å²) in [5.74, 6) is 0.522.